The number of carbonyl (C=O) groups excluding carboxylic acids is 1. The Labute approximate surface area is 129 Å². The second-order valence-corrected chi connectivity index (χ2v) is 5.30. The van der Waals surface area contributed by atoms with Gasteiger partial charge in [-0.3, -0.25) is 4.79 Å². The molecule has 0 radical (unpaired) electrons. The summed E-state index contributed by atoms with van der Waals surface area (Å²) in [5, 5.41) is 2.27. The van der Waals surface area contributed by atoms with Crippen LogP contribution in [-0.4, -0.2) is 12.1 Å². The fraction of sp³-hybridized carbons (Fsp3) is 0.375. The number of carbonyl (C=O) groups is 1. The van der Waals surface area contributed by atoms with Crippen molar-refractivity contribution in [1.29, 1.82) is 0 Å². The minimum Gasteiger partial charge on any atom is -0.319 e. The van der Waals surface area contributed by atoms with E-state index in [1.165, 1.54) is 19.1 Å². The van der Waals surface area contributed by atoms with E-state index >= 15 is 0 Å². The molecule has 1 aliphatic rings. The minimum absolute atomic E-state index is 0.00498. The molecule has 0 aliphatic heterocycles. The number of rotatable bonds is 4. The van der Waals surface area contributed by atoms with Crippen LogP contribution in [0.15, 0.2) is 35.2 Å². The quantitative estimate of drug-likeness (QED) is 0.634. The molecule has 0 heterocycles. The van der Waals surface area contributed by atoms with E-state index in [1.807, 2.05) is 5.73 Å². The fourth-order valence-corrected chi connectivity index (χ4v) is 2.09. The number of alkyl halides is 5. The van der Waals surface area contributed by atoms with Gasteiger partial charge in [-0.25, -0.2) is 8.78 Å². The second-order valence-electron chi connectivity index (χ2n) is 5.30. The summed E-state index contributed by atoms with van der Waals surface area (Å²) in [4.78, 5) is 12.1. The zero-order valence-corrected chi connectivity index (χ0v) is 12.4. The largest absolute Gasteiger partial charge is 0.420 e. The van der Waals surface area contributed by atoms with E-state index in [2.05, 4.69) is 5.32 Å². The molecule has 1 aromatic rings. The molecular weight excluding hydrogens is 317 g/mol. The zero-order chi connectivity index (χ0) is 17.4. The van der Waals surface area contributed by atoms with Crippen LogP contribution in [0.2, 0.25) is 0 Å². The van der Waals surface area contributed by atoms with Gasteiger partial charge in [-0.1, -0.05) is 24.8 Å². The summed E-state index contributed by atoms with van der Waals surface area (Å²) < 4.78 is 64.3. The molecule has 1 amide bonds. The molecule has 23 heavy (non-hydrogen) atoms. The van der Waals surface area contributed by atoms with Crippen molar-refractivity contribution in [1.82, 2.24) is 5.32 Å². The van der Waals surface area contributed by atoms with Gasteiger partial charge in [0.25, 0.3) is 11.8 Å². The van der Waals surface area contributed by atoms with Crippen LogP contribution in [-0.2, 0) is 5.92 Å². The molecular formula is C16H14F5NO. The Morgan fingerprint density at radius 3 is 2.39 bits per heavy atom. The summed E-state index contributed by atoms with van der Waals surface area (Å²) in [5.41, 5.74) is 1.33. The summed E-state index contributed by atoms with van der Waals surface area (Å²) in [7, 11) is 0. The van der Waals surface area contributed by atoms with Gasteiger partial charge in [0.1, 0.15) is 0 Å². The SMILES string of the molecule is CCC(F)(F)c1ccc(C)c(C(=O)NC2=C=C(C(F)(F)F)C2)c1. The third-order valence-electron chi connectivity index (χ3n) is 3.61. The maximum atomic E-state index is 13.7. The highest BCUT2D eigenvalue weighted by Crippen LogP contribution is 2.35. The number of hydrogen-bond donors (Lipinski definition) is 1. The van der Waals surface area contributed by atoms with Crippen LogP contribution in [0.1, 0.15) is 41.3 Å². The highest BCUT2D eigenvalue weighted by molar-refractivity contribution is 5.97. The number of halogens is 5. The molecule has 7 heteroatoms. The summed E-state index contributed by atoms with van der Waals surface area (Å²) >= 11 is 0. The van der Waals surface area contributed by atoms with Gasteiger partial charge in [-0.15, -0.1) is 0 Å². The van der Waals surface area contributed by atoms with E-state index in [4.69, 9.17) is 0 Å². The van der Waals surface area contributed by atoms with Gasteiger partial charge >= 0.3 is 6.18 Å². The van der Waals surface area contributed by atoms with E-state index in [0.717, 1.165) is 6.07 Å². The van der Waals surface area contributed by atoms with Crippen molar-refractivity contribution in [3.8, 4) is 0 Å². The van der Waals surface area contributed by atoms with Gasteiger partial charge in [0.2, 0.25) is 0 Å². The number of amides is 1. The zero-order valence-electron chi connectivity index (χ0n) is 12.4. The van der Waals surface area contributed by atoms with Gasteiger partial charge in [-0.2, -0.15) is 13.2 Å². The normalized spacial score (nSPS) is 14.7. The molecule has 1 aromatic carbocycles. The third-order valence-corrected chi connectivity index (χ3v) is 3.61. The molecule has 124 valence electrons. The third kappa shape index (κ3) is 3.62. The fourth-order valence-electron chi connectivity index (χ4n) is 2.09. The molecule has 0 unspecified atom stereocenters. The lowest BCUT2D eigenvalue weighted by molar-refractivity contribution is -0.0945. The van der Waals surface area contributed by atoms with Gasteiger partial charge in [0.15, 0.2) is 0 Å². The maximum absolute atomic E-state index is 13.7. The molecule has 2 nitrogen and oxygen atoms in total. The number of aryl methyl sites for hydroxylation is 1. The Kier molecular flexibility index (Phi) is 4.35. The van der Waals surface area contributed by atoms with Gasteiger partial charge in [0, 0.05) is 24.0 Å². The monoisotopic (exact) mass is 331 g/mol. The summed E-state index contributed by atoms with van der Waals surface area (Å²) in [6.45, 7) is 2.89. The lowest BCUT2D eigenvalue weighted by atomic mass is 9.98. The van der Waals surface area contributed by atoms with Crippen molar-refractivity contribution in [3.63, 3.8) is 0 Å². The van der Waals surface area contributed by atoms with Gasteiger partial charge in [0.05, 0.1) is 11.3 Å². The number of hydrogen-bond acceptors (Lipinski definition) is 1. The molecule has 1 aliphatic carbocycles. The molecule has 0 bridgehead atoms. The standard InChI is InChI=1S/C16H14F5NO/c1-3-15(17,18)10-5-4-9(2)13(8-10)14(23)22-12-6-11(7-12)16(19,20)21/h4-5,8H,3,6H2,1-2H3,(H,22,23). The Bertz CT molecular complexity index is 712. The smallest absolute Gasteiger partial charge is 0.319 e. The van der Waals surface area contributed by atoms with Gasteiger partial charge < -0.3 is 5.32 Å². The predicted molar refractivity (Wildman–Crippen MR) is 74.0 cm³/mol. The van der Waals surface area contributed by atoms with Crippen LogP contribution >= 0.6 is 0 Å². The average Bonchev–Trinajstić information content (AvgIpc) is 2.41. The maximum Gasteiger partial charge on any atom is 0.420 e. The van der Waals surface area contributed by atoms with Crippen LogP contribution in [0.25, 0.3) is 0 Å². The molecule has 2 rings (SSSR count). The Morgan fingerprint density at radius 2 is 1.87 bits per heavy atom. The first-order valence-corrected chi connectivity index (χ1v) is 6.90. The predicted octanol–water partition coefficient (Wildman–Crippen LogP) is 4.60. The van der Waals surface area contributed by atoms with Crippen LogP contribution < -0.4 is 5.32 Å². The number of benzene rings is 1. The van der Waals surface area contributed by atoms with Crippen molar-refractivity contribution >= 4 is 5.91 Å². The Balaban J connectivity index is 2.25. The second kappa shape index (κ2) is 5.81. The molecule has 0 atom stereocenters. The molecule has 0 saturated heterocycles. The van der Waals surface area contributed by atoms with E-state index in [0.29, 0.717) is 5.56 Å². The summed E-state index contributed by atoms with van der Waals surface area (Å²) in [5.74, 6) is -3.79. The molecule has 0 aromatic heterocycles. The lowest BCUT2D eigenvalue weighted by Gasteiger charge is -2.20. The minimum atomic E-state index is -4.47. The summed E-state index contributed by atoms with van der Waals surface area (Å²) in [6, 6.07) is 3.70. The average molecular weight is 331 g/mol. The molecule has 0 saturated carbocycles. The van der Waals surface area contributed by atoms with Crippen LogP contribution in [0, 0.1) is 6.92 Å². The van der Waals surface area contributed by atoms with E-state index in [-0.39, 0.29) is 16.8 Å². The number of nitrogens with one attached hydrogen (secondary N) is 1. The van der Waals surface area contributed by atoms with E-state index in [1.54, 1.807) is 6.92 Å². The van der Waals surface area contributed by atoms with Crippen molar-refractivity contribution in [2.24, 2.45) is 0 Å². The van der Waals surface area contributed by atoms with Crippen molar-refractivity contribution < 1.29 is 26.7 Å². The van der Waals surface area contributed by atoms with Crippen molar-refractivity contribution in [2.45, 2.75) is 38.8 Å². The van der Waals surface area contributed by atoms with E-state index in [9.17, 15) is 26.7 Å². The van der Waals surface area contributed by atoms with Crippen LogP contribution in [0.4, 0.5) is 22.0 Å². The molecule has 1 N–H and O–H groups in total. The lowest BCUT2D eigenvalue weighted by Crippen LogP contribution is -2.29. The van der Waals surface area contributed by atoms with Crippen LogP contribution in [0.5, 0.6) is 0 Å². The van der Waals surface area contributed by atoms with Gasteiger partial charge in [-0.05, 0) is 18.6 Å². The van der Waals surface area contributed by atoms with E-state index < -0.39 is 36.4 Å². The van der Waals surface area contributed by atoms with Crippen molar-refractivity contribution in [3.05, 3.63) is 51.9 Å². The first kappa shape index (κ1) is 17.2. The Morgan fingerprint density at radius 1 is 1.26 bits per heavy atom. The van der Waals surface area contributed by atoms with Crippen molar-refractivity contribution in [2.75, 3.05) is 0 Å². The molecule has 0 fully saturated rings. The topological polar surface area (TPSA) is 29.1 Å². The first-order chi connectivity index (χ1) is 10.5. The highest BCUT2D eigenvalue weighted by atomic mass is 19.4. The summed E-state index contributed by atoms with van der Waals surface area (Å²) in [6.07, 6.45) is -5.33. The molecule has 0 spiro atoms. The Hall–Kier alpha value is -2.14. The highest BCUT2D eigenvalue weighted by Gasteiger charge is 2.38. The first-order valence-electron chi connectivity index (χ1n) is 6.90. The van der Waals surface area contributed by atoms with Crippen LogP contribution in [0.3, 0.4) is 0 Å².